The van der Waals surface area contributed by atoms with Crippen LogP contribution < -0.4 is 0 Å². The molecule has 0 aromatic carbocycles. The first-order valence-corrected chi connectivity index (χ1v) is 6.47. The summed E-state index contributed by atoms with van der Waals surface area (Å²) < 4.78 is 9.53. The summed E-state index contributed by atoms with van der Waals surface area (Å²) in [7, 11) is 3.85. The van der Waals surface area contributed by atoms with Crippen molar-refractivity contribution in [1.29, 1.82) is 0 Å². The Kier molecular flexibility index (Phi) is 12.8. The summed E-state index contributed by atoms with van der Waals surface area (Å²) in [6.07, 6.45) is 1.17. The number of likely N-dealkylation sites (N-methyl/N-ethyl adjacent to an activating group) is 1. The Morgan fingerprint density at radius 1 is 1.25 bits per heavy atom. The van der Waals surface area contributed by atoms with Gasteiger partial charge in [-0.05, 0) is 26.9 Å². The number of rotatable bonds is 7. The molecule has 0 atom stereocenters. The van der Waals surface area contributed by atoms with Gasteiger partial charge in [0.25, 0.3) is 0 Å². The number of hydrogen-bond acceptors (Lipinski definition) is 5. The van der Waals surface area contributed by atoms with Gasteiger partial charge >= 0.3 is 11.9 Å². The van der Waals surface area contributed by atoms with Crippen molar-refractivity contribution >= 4 is 11.9 Å². The van der Waals surface area contributed by atoms with E-state index in [0.29, 0.717) is 24.7 Å². The molecule has 0 aliphatic rings. The van der Waals surface area contributed by atoms with Crippen molar-refractivity contribution in [2.75, 3.05) is 33.9 Å². The average molecular weight is 285 g/mol. The second-order valence-corrected chi connectivity index (χ2v) is 4.95. The van der Waals surface area contributed by atoms with Crippen LogP contribution in [0.5, 0.6) is 0 Å². The highest BCUT2D eigenvalue weighted by Crippen LogP contribution is 1.92. The van der Waals surface area contributed by atoms with Gasteiger partial charge in [0.15, 0.2) is 0 Å². The smallest absolute Gasteiger partial charge is 0.333 e. The van der Waals surface area contributed by atoms with Crippen molar-refractivity contribution in [1.82, 2.24) is 4.90 Å². The van der Waals surface area contributed by atoms with Crippen LogP contribution >= 0.6 is 0 Å². The molecule has 0 aliphatic heterocycles. The minimum absolute atomic E-state index is 0.313. The maximum atomic E-state index is 10.8. The van der Waals surface area contributed by atoms with E-state index in [1.165, 1.54) is 6.08 Å². The highest BCUT2D eigenvalue weighted by atomic mass is 16.5. The second kappa shape index (κ2) is 12.4. The zero-order chi connectivity index (χ0) is 16.1. The average Bonchev–Trinajstić information content (AvgIpc) is 2.35. The van der Waals surface area contributed by atoms with E-state index in [-0.39, 0.29) is 11.9 Å². The van der Waals surface area contributed by atoms with Crippen LogP contribution in [0.3, 0.4) is 0 Å². The standard InChI is InChI=1S/C8H15NO2.C7H12O2/c1-7(2)8(10)11-6-5-9(3)4;1-4-7(8)9-5-6(2)3/h1,5-6H2,2-4H3;4,6H,1,5H2,2-3H3. The summed E-state index contributed by atoms with van der Waals surface area (Å²) in [5.41, 5.74) is 0.448. The van der Waals surface area contributed by atoms with E-state index in [1.807, 2.05) is 32.8 Å². The Labute approximate surface area is 122 Å². The van der Waals surface area contributed by atoms with Crippen molar-refractivity contribution in [3.05, 3.63) is 24.8 Å². The topological polar surface area (TPSA) is 55.8 Å². The number of esters is 2. The highest BCUT2D eigenvalue weighted by Gasteiger charge is 2.01. The number of nitrogens with zero attached hydrogens (tertiary/aromatic N) is 1. The molecule has 0 saturated carbocycles. The minimum atomic E-state index is -0.344. The Bertz CT molecular complexity index is 322. The molecule has 0 N–H and O–H groups in total. The van der Waals surface area contributed by atoms with Crippen LogP contribution in [-0.4, -0.2) is 50.7 Å². The molecular formula is C15H27NO4. The Hall–Kier alpha value is -1.62. The molecular weight excluding hydrogens is 258 g/mol. The van der Waals surface area contributed by atoms with Crippen LogP contribution in [0.4, 0.5) is 0 Å². The van der Waals surface area contributed by atoms with Crippen LogP contribution in [-0.2, 0) is 19.1 Å². The molecule has 0 aromatic rings. The van der Waals surface area contributed by atoms with Crippen LogP contribution in [0.2, 0.25) is 0 Å². The zero-order valence-corrected chi connectivity index (χ0v) is 13.3. The van der Waals surface area contributed by atoms with Crippen molar-refractivity contribution in [2.45, 2.75) is 20.8 Å². The summed E-state index contributed by atoms with van der Waals surface area (Å²) in [6, 6.07) is 0. The van der Waals surface area contributed by atoms with Gasteiger partial charge in [0, 0.05) is 18.2 Å². The van der Waals surface area contributed by atoms with Gasteiger partial charge in [-0.1, -0.05) is 27.0 Å². The van der Waals surface area contributed by atoms with Gasteiger partial charge < -0.3 is 14.4 Å². The summed E-state index contributed by atoms with van der Waals surface area (Å²) in [4.78, 5) is 23.1. The molecule has 0 fully saturated rings. The third-order valence-corrected chi connectivity index (χ3v) is 1.85. The second-order valence-electron chi connectivity index (χ2n) is 4.95. The van der Waals surface area contributed by atoms with Gasteiger partial charge in [0.1, 0.15) is 6.61 Å². The zero-order valence-electron chi connectivity index (χ0n) is 13.3. The molecule has 0 bridgehead atoms. The third kappa shape index (κ3) is 16.4. The number of carbonyl (C=O) groups excluding carboxylic acids is 2. The van der Waals surface area contributed by atoms with Crippen molar-refractivity contribution < 1.29 is 19.1 Å². The van der Waals surface area contributed by atoms with E-state index < -0.39 is 0 Å². The molecule has 0 amide bonds. The van der Waals surface area contributed by atoms with Gasteiger partial charge in [0.05, 0.1) is 6.61 Å². The molecule has 0 heterocycles. The number of hydrogen-bond donors (Lipinski definition) is 0. The first kappa shape index (κ1) is 20.7. The quantitative estimate of drug-likeness (QED) is 0.529. The molecule has 5 heteroatoms. The number of ether oxygens (including phenoxy) is 2. The number of carbonyl (C=O) groups is 2. The monoisotopic (exact) mass is 285 g/mol. The molecule has 0 saturated heterocycles. The van der Waals surface area contributed by atoms with Crippen LogP contribution in [0.1, 0.15) is 20.8 Å². The Balaban J connectivity index is 0. The maximum absolute atomic E-state index is 10.8. The van der Waals surface area contributed by atoms with Gasteiger partial charge in [0.2, 0.25) is 0 Å². The normalized spacial score (nSPS) is 9.55. The first-order valence-electron chi connectivity index (χ1n) is 6.47. The SMILES string of the molecule is C=C(C)C(=O)OCCN(C)C.C=CC(=O)OCC(C)C. The molecule has 5 nitrogen and oxygen atoms in total. The van der Waals surface area contributed by atoms with Crippen molar-refractivity contribution in [2.24, 2.45) is 5.92 Å². The Morgan fingerprint density at radius 2 is 1.80 bits per heavy atom. The molecule has 116 valence electrons. The first-order chi connectivity index (χ1) is 9.20. The van der Waals surface area contributed by atoms with Gasteiger partial charge in [-0.25, -0.2) is 9.59 Å². The summed E-state index contributed by atoms with van der Waals surface area (Å²) in [5.74, 6) is -0.260. The molecule has 0 rings (SSSR count). The van der Waals surface area contributed by atoms with E-state index in [4.69, 9.17) is 9.47 Å². The fourth-order valence-electron chi connectivity index (χ4n) is 0.752. The van der Waals surface area contributed by atoms with E-state index >= 15 is 0 Å². The lowest BCUT2D eigenvalue weighted by molar-refractivity contribution is -0.139. The van der Waals surface area contributed by atoms with E-state index in [9.17, 15) is 9.59 Å². The predicted molar refractivity (Wildman–Crippen MR) is 80.3 cm³/mol. The molecule has 0 aromatic heterocycles. The van der Waals surface area contributed by atoms with E-state index in [2.05, 4.69) is 13.2 Å². The minimum Gasteiger partial charge on any atom is -0.462 e. The fourth-order valence-corrected chi connectivity index (χ4v) is 0.752. The highest BCUT2D eigenvalue weighted by molar-refractivity contribution is 5.86. The van der Waals surface area contributed by atoms with E-state index in [0.717, 1.165) is 6.54 Å². The largest absolute Gasteiger partial charge is 0.462 e. The molecule has 20 heavy (non-hydrogen) atoms. The lowest BCUT2D eigenvalue weighted by Gasteiger charge is -2.09. The third-order valence-electron chi connectivity index (χ3n) is 1.85. The summed E-state index contributed by atoms with van der Waals surface area (Å²) in [6.45, 7) is 14.0. The van der Waals surface area contributed by atoms with E-state index in [1.54, 1.807) is 6.92 Å². The lowest BCUT2D eigenvalue weighted by atomic mass is 10.2. The van der Waals surface area contributed by atoms with Crippen LogP contribution in [0, 0.1) is 5.92 Å². The maximum Gasteiger partial charge on any atom is 0.333 e. The summed E-state index contributed by atoms with van der Waals surface area (Å²) >= 11 is 0. The predicted octanol–water partition coefficient (Wildman–Crippen LogP) is 2.04. The van der Waals surface area contributed by atoms with Gasteiger partial charge in [-0.3, -0.25) is 0 Å². The molecule has 0 spiro atoms. The summed E-state index contributed by atoms with van der Waals surface area (Å²) in [5, 5.41) is 0. The molecule has 0 radical (unpaired) electrons. The lowest BCUT2D eigenvalue weighted by Crippen LogP contribution is -2.20. The molecule has 0 unspecified atom stereocenters. The van der Waals surface area contributed by atoms with Crippen LogP contribution in [0.25, 0.3) is 0 Å². The van der Waals surface area contributed by atoms with Crippen molar-refractivity contribution in [3.63, 3.8) is 0 Å². The fraction of sp³-hybridized carbons (Fsp3) is 0.600. The van der Waals surface area contributed by atoms with Gasteiger partial charge in [-0.15, -0.1) is 0 Å². The van der Waals surface area contributed by atoms with Crippen LogP contribution in [0.15, 0.2) is 24.8 Å². The van der Waals surface area contributed by atoms with Gasteiger partial charge in [-0.2, -0.15) is 0 Å². The van der Waals surface area contributed by atoms with Crippen molar-refractivity contribution in [3.8, 4) is 0 Å². The Morgan fingerprint density at radius 3 is 2.15 bits per heavy atom. The molecule has 0 aliphatic carbocycles.